The van der Waals surface area contributed by atoms with Gasteiger partial charge in [0.15, 0.2) is 6.61 Å². The number of aromatic nitrogens is 3. The van der Waals surface area contributed by atoms with Crippen molar-refractivity contribution in [2.75, 3.05) is 32.8 Å². The monoisotopic (exact) mass is 421 g/mol. The SMILES string of the molecule is CC(=O)N1CCN(C(=O)COC(=O)c2ccc(Cn3nnc4ccccc43)cc2)CC1. The van der Waals surface area contributed by atoms with Gasteiger partial charge in [-0.2, -0.15) is 0 Å². The number of hydrogen-bond donors (Lipinski definition) is 0. The van der Waals surface area contributed by atoms with Crippen molar-refractivity contribution in [2.24, 2.45) is 0 Å². The number of hydrogen-bond acceptors (Lipinski definition) is 6. The second-order valence-corrected chi connectivity index (χ2v) is 7.40. The first kappa shape index (κ1) is 20.5. The molecule has 1 aromatic heterocycles. The van der Waals surface area contributed by atoms with Crippen LogP contribution in [0, 0.1) is 0 Å². The van der Waals surface area contributed by atoms with Crippen molar-refractivity contribution in [3.05, 3.63) is 59.7 Å². The van der Waals surface area contributed by atoms with Crippen molar-refractivity contribution < 1.29 is 19.1 Å². The van der Waals surface area contributed by atoms with Crippen molar-refractivity contribution in [1.82, 2.24) is 24.8 Å². The van der Waals surface area contributed by atoms with Crippen molar-refractivity contribution in [2.45, 2.75) is 13.5 Å². The summed E-state index contributed by atoms with van der Waals surface area (Å²) in [5.41, 5.74) is 3.11. The Morgan fingerprint density at radius 2 is 1.61 bits per heavy atom. The molecule has 9 nitrogen and oxygen atoms in total. The molecule has 2 aromatic carbocycles. The van der Waals surface area contributed by atoms with Crippen LogP contribution in [0.2, 0.25) is 0 Å². The second-order valence-electron chi connectivity index (χ2n) is 7.40. The third-order valence-electron chi connectivity index (χ3n) is 5.35. The van der Waals surface area contributed by atoms with E-state index in [2.05, 4.69) is 10.3 Å². The Morgan fingerprint density at radius 1 is 0.935 bits per heavy atom. The van der Waals surface area contributed by atoms with Gasteiger partial charge in [-0.25, -0.2) is 9.48 Å². The summed E-state index contributed by atoms with van der Waals surface area (Å²) in [6, 6.07) is 14.7. The van der Waals surface area contributed by atoms with Gasteiger partial charge in [-0.15, -0.1) is 5.10 Å². The minimum absolute atomic E-state index is 0.000944. The van der Waals surface area contributed by atoms with E-state index < -0.39 is 5.97 Å². The molecular formula is C22H23N5O4. The summed E-state index contributed by atoms with van der Waals surface area (Å²) in [7, 11) is 0. The first-order chi connectivity index (χ1) is 15.0. The molecule has 9 heteroatoms. The first-order valence-corrected chi connectivity index (χ1v) is 10.1. The smallest absolute Gasteiger partial charge is 0.338 e. The number of para-hydroxylation sites is 1. The van der Waals surface area contributed by atoms with E-state index in [9.17, 15) is 14.4 Å². The van der Waals surface area contributed by atoms with Gasteiger partial charge in [0.05, 0.1) is 17.6 Å². The van der Waals surface area contributed by atoms with Gasteiger partial charge in [-0.3, -0.25) is 9.59 Å². The molecule has 3 aromatic rings. The normalized spacial score (nSPS) is 14.0. The molecular weight excluding hydrogens is 398 g/mol. The minimum atomic E-state index is -0.548. The van der Waals surface area contributed by atoms with Gasteiger partial charge in [0.25, 0.3) is 5.91 Å². The molecule has 4 rings (SSSR count). The van der Waals surface area contributed by atoms with Crippen LogP contribution in [-0.2, 0) is 20.9 Å². The molecule has 0 atom stereocenters. The number of amides is 2. The predicted octanol–water partition coefficient (Wildman–Crippen LogP) is 1.33. The standard InChI is InChI=1S/C22H23N5O4/c1-16(28)25-10-12-26(13-11-25)21(29)15-31-22(30)18-8-6-17(7-9-18)14-27-20-5-3-2-4-19(20)23-24-27/h2-9H,10-15H2,1H3. The average Bonchev–Trinajstić information content (AvgIpc) is 3.20. The van der Waals surface area contributed by atoms with Crippen LogP contribution in [0.25, 0.3) is 11.0 Å². The summed E-state index contributed by atoms with van der Waals surface area (Å²) in [4.78, 5) is 39.2. The number of rotatable bonds is 5. The summed E-state index contributed by atoms with van der Waals surface area (Å²) in [6.07, 6.45) is 0. The van der Waals surface area contributed by atoms with E-state index in [4.69, 9.17) is 4.74 Å². The highest BCUT2D eigenvalue weighted by atomic mass is 16.5. The Hall–Kier alpha value is -3.75. The van der Waals surface area contributed by atoms with Crippen LogP contribution in [0.3, 0.4) is 0 Å². The van der Waals surface area contributed by atoms with Crippen molar-refractivity contribution in [3.63, 3.8) is 0 Å². The molecule has 0 unspecified atom stereocenters. The molecule has 2 heterocycles. The zero-order valence-corrected chi connectivity index (χ0v) is 17.2. The van der Waals surface area contributed by atoms with E-state index in [1.165, 1.54) is 6.92 Å². The lowest BCUT2D eigenvalue weighted by molar-refractivity contribution is -0.140. The van der Waals surface area contributed by atoms with Crippen LogP contribution in [0.5, 0.6) is 0 Å². The molecule has 0 radical (unpaired) electrons. The van der Waals surface area contributed by atoms with Gasteiger partial charge < -0.3 is 14.5 Å². The Morgan fingerprint density at radius 3 is 2.32 bits per heavy atom. The molecule has 1 fully saturated rings. The fraction of sp³-hybridized carbons (Fsp3) is 0.318. The Bertz CT molecular complexity index is 1100. The number of esters is 1. The van der Waals surface area contributed by atoms with Crippen molar-refractivity contribution in [1.29, 1.82) is 0 Å². The highest BCUT2D eigenvalue weighted by molar-refractivity contribution is 5.91. The van der Waals surface area contributed by atoms with Crippen LogP contribution in [0.1, 0.15) is 22.8 Å². The van der Waals surface area contributed by atoms with E-state index in [1.807, 2.05) is 36.4 Å². The molecule has 1 saturated heterocycles. The highest BCUT2D eigenvalue weighted by Crippen LogP contribution is 2.13. The lowest BCUT2D eigenvalue weighted by Crippen LogP contribution is -2.51. The maximum atomic E-state index is 12.3. The minimum Gasteiger partial charge on any atom is -0.452 e. The predicted molar refractivity (Wildman–Crippen MR) is 112 cm³/mol. The zero-order chi connectivity index (χ0) is 21.8. The lowest BCUT2D eigenvalue weighted by Gasteiger charge is -2.34. The first-order valence-electron chi connectivity index (χ1n) is 10.1. The van der Waals surface area contributed by atoms with Crippen LogP contribution in [0.15, 0.2) is 48.5 Å². The quantitative estimate of drug-likeness (QED) is 0.577. The Balaban J connectivity index is 1.29. The third-order valence-corrected chi connectivity index (χ3v) is 5.35. The van der Waals surface area contributed by atoms with Gasteiger partial charge in [0.2, 0.25) is 5.91 Å². The van der Waals surface area contributed by atoms with E-state index in [0.717, 1.165) is 16.6 Å². The van der Waals surface area contributed by atoms with Crippen molar-refractivity contribution >= 4 is 28.8 Å². The molecule has 0 aliphatic carbocycles. The van der Waals surface area contributed by atoms with Crippen LogP contribution in [0.4, 0.5) is 0 Å². The van der Waals surface area contributed by atoms with Crippen molar-refractivity contribution in [3.8, 4) is 0 Å². The molecule has 1 aliphatic heterocycles. The summed E-state index contributed by atoms with van der Waals surface area (Å²) >= 11 is 0. The Kier molecular flexibility index (Phi) is 5.92. The van der Waals surface area contributed by atoms with Gasteiger partial charge in [-0.05, 0) is 29.8 Å². The number of ether oxygens (including phenoxy) is 1. The van der Waals surface area contributed by atoms with E-state index in [-0.39, 0.29) is 18.4 Å². The second kappa shape index (κ2) is 8.95. The maximum absolute atomic E-state index is 12.3. The topological polar surface area (TPSA) is 97.6 Å². The number of fused-ring (bicyclic) bond motifs is 1. The van der Waals surface area contributed by atoms with Crippen LogP contribution >= 0.6 is 0 Å². The van der Waals surface area contributed by atoms with Gasteiger partial charge in [0, 0.05) is 33.1 Å². The number of carbonyl (C=O) groups excluding carboxylic acids is 3. The molecule has 2 amide bonds. The zero-order valence-electron chi connectivity index (χ0n) is 17.2. The summed E-state index contributed by atoms with van der Waals surface area (Å²) < 4.78 is 6.98. The maximum Gasteiger partial charge on any atom is 0.338 e. The fourth-order valence-electron chi connectivity index (χ4n) is 3.53. The Labute approximate surface area is 179 Å². The number of carbonyl (C=O) groups is 3. The largest absolute Gasteiger partial charge is 0.452 e. The highest BCUT2D eigenvalue weighted by Gasteiger charge is 2.23. The average molecular weight is 421 g/mol. The van der Waals surface area contributed by atoms with E-state index in [0.29, 0.717) is 38.3 Å². The van der Waals surface area contributed by atoms with Crippen LogP contribution < -0.4 is 0 Å². The van der Waals surface area contributed by atoms with Crippen LogP contribution in [-0.4, -0.2) is 75.4 Å². The number of piperazine rings is 1. The molecule has 31 heavy (non-hydrogen) atoms. The molecule has 0 saturated carbocycles. The fourth-order valence-corrected chi connectivity index (χ4v) is 3.53. The van der Waals surface area contributed by atoms with Gasteiger partial charge >= 0.3 is 5.97 Å². The number of benzene rings is 2. The van der Waals surface area contributed by atoms with Gasteiger partial charge in [0.1, 0.15) is 5.52 Å². The third kappa shape index (κ3) is 4.71. The van der Waals surface area contributed by atoms with Gasteiger partial charge in [-0.1, -0.05) is 29.5 Å². The molecule has 160 valence electrons. The summed E-state index contributed by atoms with van der Waals surface area (Å²) in [5, 5.41) is 8.30. The molecule has 1 aliphatic rings. The molecule has 0 spiro atoms. The van der Waals surface area contributed by atoms with E-state index >= 15 is 0 Å². The lowest BCUT2D eigenvalue weighted by atomic mass is 10.1. The van der Waals surface area contributed by atoms with E-state index in [1.54, 1.807) is 26.6 Å². The molecule has 0 N–H and O–H groups in total. The summed E-state index contributed by atoms with van der Waals surface area (Å²) in [5.74, 6) is -0.807. The summed E-state index contributed by atoms with van der Waals surface area (Å²) in [6.45, 7) is 3.61. The number of nitrogens with zero attached hydrogens (tertiary/aromatic N) is 5. The molecule has 0 bridgehead atoms.